The second-order valence-electron chi connectivity index (χ2n) is 6.52. The third-order valence-corrected chi connectivity index (χ3v) is 5.41. The van der Waals surface area contributed by atoms with Crippen LogP contribution in [0.3, 0.4) is 0 Å². The number of hydrogen-bond acceptors (Lipinski definition) is 2. The average molecular weight is 338 g/mol. The van der Waals surface area contributed by atoms with E-state index < -0.39 is 0 Å². The summed E-state index contributed by atoms with van der Waals surface area (Å²) >= 11 is 3.56. The van der Waals surface area contributed by atoms with Gasteiger partial charge >= 0.3 is 0 Å². The van der Waals surface area contributed by atoms with Gasteiger partial charge < -0.3 is 10.1 Å². The first kappa shape index (κ1) is 14.6. The zero-order valence-electron chi connectivity index (χ0n) is 12.2. The van der Waals surface area contributed by atoms with Crippen molar-refractivity contribution < 1.29 is 4.74 Å². The first-order chi connectivity index (χ1) is 9.69. The second-order valence-corrected chi connectivity index (χ2v) is 7.43. The van der Waals surface area contributed by atoms with Gasteiger partial charge in [0, 0.05) is 22.5 Å². The molecule has 0 amide bonds. The van der Waals surface area contributed by atoms with Gasteiger partial charge in [-0.3, -0.25) is 0 Å². The minimum absolute atomic E-state index is 0.161. The van der Waals surface area contributed by atoms with Crippen LogP contribution >= 0.6 is 15.9 Å². The van der Waals surface area contributed by atoms with Crippen LogP contribution < -0.4 is 5.32 Å². The molecule has 110 valence electrons. The molecule has 1 aliphatic heterocycles. The fraction of sp³-hybridized carbons (Fsp3) is 0.647. The highest BCUT2D eigenvalue weighted by Gasteiger charge is 2.37. The van der Waals surface area contributed by atoms with Gasteiger partial charge in [0.15, 0.2) is 0 Å². The summed E-state index contributed by atoms with van der Waals surface area (Å²) in [5, 5.41) is 3.73. The van der Waals surface area contributed by atoms with Gasteiger partial charge in [0.1, 0.15) is 0 Å². The number of rotatable bonds is 1. The summed E-state index contributed by atoms with van der Waals surface area (Å²) in [6.45, 7) is 4.26. The Kier molecular flexibility index (Phi) is 4.49. The van der Waals surface area contributed by atoms with Crippen LogP contribution in [-0.4, -0.2) is 19.2 Å². The van der Waals surface area contributed by atoms with Crippen molar-refractivity contribution in [2.45, 2.75) is 51.2 Å². The normalized spacial score (nSPS) is 30.1. The molecule has 1 heterocycles. The molecule has 20 heavy (non-hydrogen) atoms. The van der Waals surface area contributed by atoms with Crippen molar-refractivity contribution in [2.75, 3.05) is 13.2 Å². The molecule has 2 aliphatic rings. The molecule has 2 fully saturated rings. The SMILES string of the molecule is CC1NCC2(CCCCC2)COC1c1cccc(Br)c1. The Morgan fingerprint density at radius 3 is 2.80 bits per heavy atom. The molecule has 2 atom stereocenters. The van der Waals surface area contributed by atoms with Crippen molar-refractivity contribution in [2.24, 2.45) is 5.41 Å². The van der Waals surface area contributed by atoms with Crippen LogP contribution in [0.25, 0.3) is 0 Å². The van der Waals surface area contributed by atoms with E-state index in [1.165, 1.54) is 37.7 Å². The molecule has 1 N–H and O–H groups in total. The van der Waals surface area contributed by atoms with Gasteiger partial charge in [0.05, 0.1) is 12.7 Å². The third-order valence-electron chi connectivity index (χ3n) is 4.91. The molecule has 1 aromatic carbocycles. The molecule has 1 saturated heterocycles. The molecule has 3 heteroatoms. The van der Waals surface area contributed by atoms with E-state index in [-0.39, 0.29) is 6.10 Å². The molecule has 2 nitrogen and oxygen atoms in total. The Morgan fingerprint density at radius 1 is 1.25 bits per heavy atom. The maximum Gasteiger partial charge on any atom is 0.0975 e. The molecule has 1 aliphatic carbocycles. The van der Waals surface area contributed by atoms with Crippen molar-refractivity contribution in [3.05, 3.63) is 34.3 Å². The minimum Gasteiger partial charge on any atom is -0.371 e. The van der Waals surface area contributed by atoms with Gasteiger partial charge in [-0.05, 0) is 37.5 Å². The van der Waals surface area contributed by atoms with E-state index in [2.05, 4.69) is 52.4 Å². The molecule has 0 radical (unpaired) electrons. The van der Waals surface area contributed by atoms with Gasteiger partial charge in [0.2, 0.25) is 0 Å². The zero-order valence-corrected chi connectivity index (χ0v) is 13.8. The van der Waals surface area contributed by atoms with Crippen molar-refractivity contribution >= 4 is 15.9 Å². The average Bonchev–Trinajstić information content (AvgIpc) is 2.61. The number of hydrogen-bond donors (Lipinski definition) is 1. The van der Waals surface area contributed by atoms with Crippen molar-refractivity contribution in [3.8, 4) is 0 Å². The smallest absolute Gasteiger partial charge is 0.0975 e. The molecule has 1 aromatic rings. The summed E-state index contributed by atoms with van der Waals surface area (Å²) in [6.07, 6.45) is 6.92. The topological polar surface area (TPSA) is 21.3 Å². The van der Waals surface area contributed by atoms with E-state index in [0.717, 1.165) is 17.6 Å². The maximum absolute atomic E-state index is 6.37. The number of benzene rings is 1. The Bertz CT molecular complexity index is 456. The maximum atomic E-state index is 6.37. The lowest BCUT2D eigenvalue weighted by molar-refractivity contribution is -0.0104. The van der Waals surface area contributed by atoms with E-state index >= 15 is 0 Å². The standard InChI is InChI=1S/C17H24BrNO/c1-13-16(14-6-5-7-15(18)10-14)20-12-17(11-19-13)8-3-2-4-9-17/h5-7,10,13,16,19H,2-4,8-9,11-12H2,1H3. The van der Waals surface area contributed by atoms with Crippen LogP contribution in [0.5, 0.6) is 0 Å². The first-order valence-electron chi connectivity index (χ1n) is 7.79. The van der Waals surface area contributed by atoms with Crippen LogP contribution in [-0.2, 0) is 4.74 Å². The van der Waals surface area contributed by atoms with E-state index in [0.29, 0.717) is 11.5 Å². The predicted octanol–water partition coefficient (Wildman–Crippen LogP) is 4.45. The van der Waals surface area contributed by atoms with Crippen molar-refractivity contribution in [1.82, 2.24) is 5.32 Å². The van der Waals surface area contributed by atoms with Gasteiger partial charge in [-0.1, -0.05) is 47.3 Å². The van der Waals surface area contributed by atoms with E-state index in [4.69, 9.17) is 4.74 Å². The third kappa shape index (κ3) is 3.10. The lowest BCUT2D eigenvalue weighted by Crippen LogP contribution is -2.39. The van der Waals surface area contributed by atoms with Crippen LogP contribution in [0.4, 0.5) is 0 Å². The molecular weight excluding hydrogens is 314 g/mol. The monoisotopic (exact) mass is 337 g/mol. The Hall–Kier alpha value is -0.380. The highest BCUT2D eigenvalue weighted by Crippen LogP contribution is 2.40. The molecule has 1 saturated carbocycles. The molecular formula is C17H24BrNO. The first-order valence-corrected chi connectivity index (χ1v) is 8.58. The number of halogens is 1. The summed E-state index contributed by atoms with van der Waals surface area (Å²) in [6, 6.07) is 8.89. The van der Waals surface area contributed by atoms with Gasteiger partial charge in [-0.15, -0.1) is 0 Å². The summed E-state index contributed by atoms with van der Waals surface area (Å²) in [5.74, 6) is 0. The minimum atomic E-state index is 0.161. The van der Waals surface area contributed by atoms with E-state index in [1.54, 1.807) is 0 Å². The Labute approximate surface area is 130 Å². The largest absolute Gasteiger partial charge is 0.371 e. The van der Waals surface area contributed by atoms with Crippen molar-refractivity contribution in [3.63, 3.8) is 0 Å². The molecule has 0 bridgehead atoms. The predicted molar refractivity (Wildman–Crippen MR) is 85.8 cm³/mol. The lowest BCUT2D eigenvalue weighted by atomic mass is 9.74. The quantitative estimate of drug-likeness (QED) is 0.817. The van der Waals surface area contributed by atoms with Crippen molar-refractivity contribution in [1.29, 1.82) is 0 Å². The zero-order chi connectivity index (χ0) is 14.0. The summed E-state index contributed by atoms with van der Waals surface area (Å²) < 4.78 is 7.49. The van der Waals surface area contributed by atoms with E-state index in [9.17, 15) is 0 Å². The fourth-order valence-electron chi connectivity index (χ4n) is 3.64. The summed E-state index contributed by atoms with van der Waals surface area (Å²) in [4.78, 5) is 0. The Morgan fingerprint density at radius 2 is 2.05 bits per heavy atom. The van der Waals surface area contributed by atoms with Crippen LogP contribution in [0.1, 0.15) is 50.7 Å². The van der Waals surface area contributed by atoms with Crippen LogP contribution in [0.15, 0.2) is 28.7 Å². The van der Waals surface area contributed by atoms with E-state index in [1.807, 2.05) is 0 Å². The summed E-state index contributed by atoms with van der Waals surface area (Å²) in [5.41, 5.74) is 1.65. The molecule has 0 aromatic heterocycles. The Balaban J connectivity index is 1.77. The number of nitrogens with one attached hydrogen (secondary N) is 1. The summed E-state index contributed by atoms with van der Waals surface area (Å²) in [7, 11) is 0. The lowest BCUT2D eigenvalue weighted by Gasteiger charge is -2.35. The van der Waals surface area contributed by atoms with Gasteiger partial charge in [-0.2, -0.15) is 0 Å². The van der Waals surface area contributed by atoms with Gasteiger partial charge in [-0.25, -0.2) is 0 Å². The van der Waals surface area contributed by atoms with Crippen LogP contribution in [0, 0.1) is 5.41 Å². The fourth-order valence-corrected chi connectivity index (χ4v) is 4.05. The second kappa shape index (κ2) is 6.17. The molecule has 3 rings (SSSR count). The number of ether oxygens (including phenoxy) is 1. The van der Waals surface area contributed by atoms with Crippen LogP contribution in [0.2, 0.25) is 0 Å². The highest BCUT2D eigenvalue weighted by molar-refractivity contribution is 9.10. The molecule has 1 spiro atoms. The van der Waals surface area contributed by atoms with Gasteiger partial charge in [0.25, 0.3) is 0 Å². The molecule has 2 unspecified atom stereocenters. The highest BCUT2D eigenvalue weighted by atomic mass is 79.9.